The van der Waals surface area contributed by atoms with Crippen LogP contribution in [0, 0.1) is 13.8 Å². The quantitative estimate of drug-likeness (QED) is 0.897. The SMILES string of the molecule is Cc1nc(NC(=O)[C@@H](C)N2CCCC[C@@H]2Cn2cncn2)sc1C. The number of piperidine rings is 1. The van der Waals surface area contributed by atoms with Gasteiger partial charge in [-0.1, -0.05) is 6.42 Å². The Morgan fingerprint density at radius 1 is 1.46 bits per heavy atom. The highest BCUT2D eigenvalue weighted by atomic mass is 32.1. The largest absolute Gasteiger partial charge is 0.301 e. The van der Waals surface area contributed by atoms with E-state index in [2.05, 4.69) is 25.3 Å². The number of carbonyl (C=O) groups is 1. The molecule has 7 nitrogen and oxygen atoms in total. The van der Waals surface area contributed by atoms with Gasteiger partial charge in [0, 0.05) is 10.9 Å². The van der Waals surface area contributed by atoms with Gasteiger partial charge in [0.15, 0.2) is 5.13 Å². The number of nitrogens with one attached hydrogen (secondary N) is 1. The third kappa shape index (κ3) is 3.81. The Labute approximate surface area is 146 Å². The average Bonchev–Trinajstić information content (AvgIpc) is 3.17. The van der Waals surface area contributed by atoms with Crippen LogP contribution in [-0.4, -0.2) is 49.2 Å². The molecule has 3 rings (SSSR count). The van der Waals surface area contributed by atoms with Crippen LogP contribution in [0.4, 0.5) is 5.13 Å². The van der Waals surface area contributed by atoms with Gasteiger partial charge in [0.1, 0.15) is 12.7 Å². The fourth-order valence-electron chi connectivity index (χ4n) is 3.16. The topological polar surface area (TPSA) is 75.9 Å². The third-order valence-electron chi connectivity index (χ3n) is 4.67. The van der Waals surface area contributed by atoms with Crippen molar-refractivity contribution < 1.29 is 4.79 Å². The average molecular weight is 348 g/mol. The van der Waals surface area contributed by atoms with E-state index in [9.17, 15) is 4.79 Å². The van der Waals surface area contributed by atoms with Crippen molar-refractivity contribution in [3.8, 4) is 0 Å². The second-order valence-electron chi connectivity index (χ2n) is 6.33. The summed E-state index contributed by atoms with van der Waals surface area (Å²) < 4.78 is 1.85. The normalized spacial score (nSPS) is 20.0. The van der Waals surface area contributed by atoms with Crippen molar-refractivity contribution in [2.75, 3.05) is 11.9 Å². The van der Waals surface area contributed by atoms with Gasteiger partial charge in [-0.15, -0.1) is 11.3 Å². The van der Waals surface area contributed by atoms with Crippen LogP contribution in [0.25, 0.3) is 0 Å². The molecule has 0 spiro atoms. The third-order valence-corrected chi connectivity index (χ3v) is 5.66. The van der Waals surface area contributed by atoms with Gasteiger partial charge < -0.3 is 5.32 Å². The lowest BCUT2D eigenvalue weighted by Crippen LogP contribution is -2.51. The Kier molecular flexibility index (Phi) is 5.25. The van der Waals surface area contributed by atoms with Crippen molar-refractivity contribution in [2.45, 2.75) is 58.7 Å². The highest BCUT2D eigenvalue weighted by molar-refractivity contribution is 7.15. The van der Waals surface area contributed by atoms with Gasteiger partial charge in [-0.05, 0) is 40.2 Å². The lowest BCUT2D eigenvalue weighted by molar-refractivity contribution is -0.122. The van der Waals surface area contributed by atoms with Crippen molar-refractivity contribution in [1.29, 1.82) is 0 Å². The van der Waals surface area contributed by atoms with Gasteiger partial charge >= 0.3 is 0 Å². The molecule has 1 saturated heterocycles. The Morgan fingerprint density at radius 3 is 2.96 bits per heavy atom. The van der Waals surface area contributed by atoms with Gasteiger partial charge in [0.05, 0.1) is 18.3 Å². The molecule has 1 aliphatic heterocycles. The molecule has 2 atom stereocenters. The maximum Gasteiger partial charge on any atom is 0.243 e. The van der Waals surface area contributed by atoms with Crippen molar-refractivity contribution in [1.82, 2.24) is 24.6 Å². The molecule has 0 unspecified atom stereocenters. The monoisotopic (exact) mass is 348 g/mol. The molecule has 1 N–H and O–H groups in total. The molecular formula is C16H24N6OS. The molecule has 3 heterocycles. The van der Waals surface area contributed by atoms with Crippen molar-refractivity contribution >= 4 is 22.4 Å². The van der Waals surface area contributed by atoms with E-state index in [1.165, 1.54) is 17.8 Å². The first kappa shape index (κ1) is 17.0. The van der Waals surface area contributed by atoms with Gasteiger partial charge in [-0.3, -0.25) is 14.4 Å². The molecule has 0 bridgehead atoms. The Bertz CT molecular complexity index is 663. The van der Waals surface area contributed by atoms with Crippen molar-refractivity contribution in [3.63, 3.8) is 0 Å². The molecule has 2 aromatic rings. The van der Waals surface area contributed by atoms with E-state index >= 15 is 0 Å². The first-order valence-corrected chi connectivity index (χ1v) is 9.19. The van der Waals surface area contributed by atoms with E-state index in [1.54, 1.807) is 12.7 Å². The van der Waals surface area contributed by atoms with Gasteiger partial charge in [-0.2, -0.15) is 5.10 Å². The smallest absolute Gasteiger partial charge is 0.243 e. The lowest BCUT2D eigenvalue weighted by Gasteiger charge is -2.38. The second-order valence-corrected chi connectivity index (χ2v) is 7.53. The van der Waals surface area contributed by atoms with E-state index in [1.807, 2.05) is 25.5 Å². The van der Waals surface area contributed by atoms with Crippen molar-refractivity contribution in [3.05, 3.63) is 23.2 Å². The number of hydrogen-bond acceptors (Lipinski definition) is 6. The highest BCUT2D eigenvalue weighted by Gasteiger charge is 2.31. The zero-order valence-corrected chi connectivity index (χ0v) is 15.2. The Hall–Kier alpha value is -1.80. The molecule has 0 saturated carbocycles. The fraction of sp³-hybridized carbons (Fsp3) is 0.625. The molecule has 1 fully saturated rings. The maximum atomic E-state index is 12.7. The summed E-state index contributed by atoms with van der Waals surface area (Å²) in [4.78, 5) is 24.5. The number of anilines is 1. The number of rotatable bonds is 5. The van der Waals surface area contributed by atoms with Gasteiger partial charge in [-0.25, -0.2) is 9.97 Å². The summed E-state index contributed by atoms with van der Waals surface area (Å²) in [6.45, 7) is 7.66. The van der Waals surface area contributed by atoms with E-state index in [-0.39, 0.29) is 11.9 Å². The van der Waals surface area contributed by atoms with E-state index < -0.39 is 0 Å². The molecule has 8 heteroatoms. The number of amides is 1. The molecule has 130 valence electrons. The van der Waals surface area contributed by atoms with Crippen LogP contribution in [-0.2, 0) is 11.3 Å². The molecule has 24 heavy (non-hydrogen) atoms. The molecule has 0 aromatic carbocycles. The molecule has 1 aliphatic rings. The highest BCUT2D eigenvalue weighted by Crippen LogP contribution is 2.24. The van der Waals surface area contributed by atoms with Crippen LogP contribution in [0.15, 0.2) is 12.7 Å². The van der Waals surface area contributed by atoms with Gasteiger partial charge in [0.25, 0.3) is 0 Å². The lowest BCUT2D eigenvalue weighted by atomic mass is 10.00. The van der Waals surface area contributed by atoms with E-state index in [4.69, 9.17) is 0 Å². The zero-order chi connectivity index (χ0) is 17.1. The van der Waals surface area contributed by atoms with E-state index in [0.29, 0.717) is 11.2 Å². The standard InChI is InChI=1S/C16H24N6OS/c1-11-13(3)24-16(19-11)20-15(23)12(2)22-7-5-4-6-14(22)8-21-10-17-9-18-21/h9-10,12,14H,4-8H2,1-3H3,(H,19,20,23)/t12-,14-/m1/s1. The van der Waals surface area contributed by atoms with Crippen LogP contribution < -0.4 is 5.32 Å². The first-order valence-electron chi connectivity index (χ1n) is 8.37. The van der Waals surface area contributed by atoms with Crippen molar-refractivity contribution in [2.24, 2.45) is 0 Å². The number of hydrogen-bond donors (Lipinski definition) is 1. The molecule has 1 amide bonds. The predicted octanol–water partition coefficient (Wildman–Crippen LogP) is 2.23. The minimum absolute atomic E-state index is 0.00856. The Morgan fingerprint density at radius 2 is 2.29 bits per heavy atom. The number of thiazole rings is 1. The zero-order valence-electron chi connectivity index (χ0n) is 14.4. The number of likely N-dealkylation sites (tertiary alicyclic amines) is 1. The summed E-state index contributed by atoms with van der Waals surface area (Å²) in [6, 6.07) is 0.115. The summed E-state index contributed by atoms with van der Waals surface area (Å²) in [5, 5.41) is 7.86. The van der Waals surface area contributed by atoms with E-state index in [0.717, 1.165) is 36.5 Å². The number of aryl methyl sites for hydroxylation is 2. The van der Waals surface area contributed by atoms with Crippen LogP contribution in [0.3, 0.4) is 0 Å². The van der Waals surface area contributed by atoms with Gasteiger partial charge in [0.2, 0.25) is 5.91 Å². The number of nitrogens with zero attached hydrogens (tertiary/aromatic N) is 5. The van der Waals surface area contributed by atoms with Crippen LogP contribution in [0.5, 0.6) is 0 Å². The number of aromatic nitrogens is 4. The van der Waals surface area contributed by atoms with Crippen LogP contribution in [0.1, 0.15) is 36.8 Å². The molecule has 0 radical (unpaired) electrons. The first-order chi connectivity index (χ1) is 11.5. The summed E-state index contributed by atoms with van der Waals surface area (Å²) >= 11 is 1.53. The number of carbonyl (C=O) groups excluding carboxylic acids is 1. The fourth-order valence-corrected chi connectivity index (χ4v) is 3.98. The van der Waals surface area contributed by atoms with Crippen LogP contribution >= 0.6 is 11.3 Å². The Balaban J connectivity index is 1.66. The predicted molar refractivity (Wildman–Crippen MR) is 94.0 cm³/mol. The molecule has 2 aromatic heterocycles. The summed E-state index contributed by atoms with van der Waals surface area (Å²) in [7, 11) is 0. The minimum atomic E-state index is -0.191. The van der Waals surface area contributed by atoms with Crippen LogP contribution in [0.2, 0.25) is 0 Å². The maximum absolute atomic E-state index is 12.7. The summed E-state index contributed by atoms with van der Waals surface area (Å²) in [5.74, 6) is 0.00856. The molecule has 0 aliphatic carbocycles. The summed E-state index contributed by atoms with van der Waals surface area (Å²) in [5.41, 5.74) is 0.977. The summed E-state index contributed by atoms with van der Waals surface area (Å²) in [6.07, 6.45) is 6.68. The minimum Gasteiger partial charge on any atom is -0.301 e. The second kappa shape index (κ2) is 7.40. The molecular weight excluding hydrogens is 324 g/mol.